The number of nitrogens with one attached hydrogen (secondary N) is 1. The van der Waals surface area contributed by atoms with E-state index in [1.165, 1.54) is 16.4 Å². The zero-order chi connectivity index (χ0) is 15.2. The number of sulfonamides is 1. The minimum absolute atomic E-state index is 0.195. The lowest BCUT2D eigenvalue weighted by molar-refractivity contribution is -0.115. The third kappa shape index (κ3) is 4.19. The predicted octanol–water partition coefficient (Wildman–Crippen LogP) is 2.28. The van der Waals surface area contributed by atoms with E-state index in [9.17, 15) is 13.2 Å². The maximum atomic E-state index is 12.3. The summed E-state index contributed by atoms with van der Waals surface area (Å²) in [5.74, 6) is 0.0552. The van der Waals surface area contributed by atoms with E-state index in [1.54, 1.807) is 26.0 Å². The highest BCUT2D eigenvalue weighted by molar-refractivity contribution is 7.89. The summed E-state index contributed by atoms with van der Waals surface area (Å²) in [5.41, 5.74) is 0.554. The molecule has 1 amide bonds. The van der Waals surface area contributed by atoms with E-state index in [1.807, 2.05) is 0 Å². The zero-order valence-electron chi connectivity index (χ0n) is 11.6. The van der Waals surface area contributed by atoms with Gasteiger partial charge >= 0.3 is 0 Å². The van der Waals surface area contributed by atoms with E-state index in [4.69, 9.17) is 11.6 Å². The Morgan fingerprint density at radius 1 is 1.20 bits per heavy atom. The van der Waals surface area contributed by atoms with Crippen molar-refractivity contribution in [3.8, 4) is 0 Å². The predicted molar refractivity (Wildman–Crippen MR) is 80.5 cm³/mol. The van der Waals surface area contributed by atoms with Crippen LogP contribution in [0, 0.1) is 0 Å². The van der Waals surface area contributed by atoms with Crippen LogP contribution < -0.4 is 5.32 Å². The van der Waals surface area contributed by atoms with Gasteiger partial charge in [-0.2, -0.15) is 4.31 Å². The van der Waals surface area contributed by atoms with Crippen molar-refractivity contribution in [3.05, 3.63) is 24.3 Å². The summed E-state index contributed by atoms with van der Waals surface area (Å²) in [6.07, 6.45) is 0.223. The molecule has 0 fully saturated rings. The van der Waals surface area contributed by atoms with Crippen molar-refractivity contribution in [2.24, 2.45) is 0 Å². The van der Waals surface area contributed by atoms with Gasteiger partial charge in [-0.05, 0) is 24.3 Å². The molecule has 0 aliphatic rings. The first-order chi connectivity index (χ1) is 9.45. The molecule has 0 unspecified atom stereocenters. The third-order valence-electron chi connectivity index (χ3n) is 2.80. The first kappa shape index (κ1) is 16.9. The molecule has 0 aliphatic heterocycles. The second-order valence-electron chi connectivity index (χ2n) is 4.10. The number of anilines is 1. The zero-order valence-corrected chi connectivity index (χ0v) is 13.2. The lowest BCUT2D eigenvalue weighted by Crippen LogP contribution is -2.30. The Balaban J connectivity index is 2.88. The first-order valence-corrected chi connectivity index (χ1v) is 8.39. The Bertz CT molecular complexity index is 539. The van der Waals surface area contributed by atoms with Crippen LogP contribution in [0.3, 0.4) is 0 Å². The van der Waals surface area contributed by atoms with Gasteiger partial charge in [0.05, 0.1) is 4.90 Å². The van der Waals surface area contributed by atoms with Crippen LogP contribution in [0.1, 0.15) is 20.3 Å². The lowest BCUT2D eigenvalue weighted by atomic mass is 10.3. The molecule has 0 aromatic heterocycles. The first-order valence-electron chi connectivity index (χ1n) is 6.41. The Labute approximate surface area is 125 Å². The maximum Gasteiger partial charge on any atom is 0.243 e. The Kier molecular flexibility index (Phi) is 6.45. The van der Waals surface area contributed by atoms with E-state index >= 15 is 0 Å². The second kappa shape index (κ2) is 7.61. The number of alkyl halides is 1. The molecule has 1 aromatic carbocycles. The van der Waals surface area contributed by atoms with Gasteiger partial charge in [0.25, 0.3) is 0 Å². The van der Waals surface area contributed by atoms with Crippen molar-refractivity contribution in [1.29, 1.82) is 0 Å². The van der Waals surface area contributed by atoms with Gasteiger partial charge in [-0.25, -0.2) is 8.42 Å². The van der Waals surface area contributed by atoms with Crippen LogP contribution in [-0.2, 0) is 14.8 Å². The van der Waals surface area contributed by atoms with Gasteiger partial charge in [0, 0.05) is 31.1 Å². The number of hydrogen-bond acceptors (Lipinski definition) is 3. The molecular weight excluding hydrogens is 300 g/mol. The largest absolute Gasteiger partial charge is 0.326 e. The van der Waals surface area contributed by atoms with Gasteiger partial charge in [0.2, 0.25) is 15.9 Å². The third-order valence-corrected chi connectivity index (χ3v) is 5.06. The van der Waals surface area contributed by atoms with Gasteiger partial charge in [0.1, 0.15) is 0 Å². The van der Waals surface area contributed by atoms with Crippen LogP contribution in [0.4, 0.5) is 5.69 Å². The van der Waals surface area contributed by atoms with Crippen LogP contribution in [0.5, 0.6) is 0 Å². The van der Waals surface area contributed by atoms with Crippen molar-refractivity contribution >= 4 is 33.2 Å². The molecule has 0 heterocycles. The molecule has 1 N–H and O–H groups in total. The number of carbonyl (C=O) groups is 1. The quantitative estimate of drug-likeness (QED) is 0.784. The number of benzene rings is 1. The molecule has 0 atom stereocenters. The molecule has 5 nitrogen and oxygen atoms in total. The number of nitrogens with zero attached hydrogens (tertiary/aromatic N) is 1. The van der Waals surface area contributed by atoms with E-state index in [0.29, 0.717) is 18.8 Å². The fraction of sp³-hybridized carbons (Fsp3) is 0.462. The average molecular weight is 319 g/mol. The van der Waals surface area contributed by atoms with Gasteiger partial charge in [-0.1, -0.05) is 13.8 Å². The molecule has 0 radical (unpaired) electrons. The number of halogens is 1. The van der Waals surface area contributed by atoms with E-state index in [2.05, 4.69) is 5.32 Å². The van der Waals surface area contributed by atoms with Crippen molar-refractivity contribution < 1.29 is 13.2 Å². The summed E-state index contributed by atoms with van der Waals surface area (Å²) in [6, 6.07) is 6.12. The van der Waals surface area contributed by atoms with Crippen molar-refractivity contribution in [1.82, 2.24) is 4.31 Å². The van der Waals surface area contributed by atoms with Crippen LogP contribution >= 0.6 is 11.6 Å². The molecule has 0 aliphatic carbocycles. The lowest BCUT2D eigenvalue weighted by Gasteiger charge is -2.18. The number of carbonyl (C=O) groups excluding carboxylic acids is 1. The second-order valence-corrected chi connectivity index (χ2v) is 6.42. The van der Waals surface area contributed by atoms with Crippen LogP contribution in [0.2, 0.25) is 0 Å². The van der Waals surface area contributed by atoms with E-state index < -0.39 is 10.0 Å². The standard InChI is InChI=1S/C13H19ClN2O3S/c1-3-16(4-2)20(18,19)12-7-5-11(6-8-12)15-13(17)9-10-14/h5-8H,3-4,9-10H2,1-2H3,(H,15,17). The Morgan fingerprint density at radius 3 is 2.20 bits per heavy atom. The Morgan fingerprint density at radius 2 is 1.75 bits per heavy atom. The smallest absolute Gasteiger partial charge is 0.243 e. The number of amides is 1. The molecule has 1 rings (SSSR count). The highest BCUT2D eigenvalue weighted by atomic mass is 35.5. The monoisotopic (exact) mass is 318 g/mol. The van der Waals surface area contributed by atoms with Gasteiger partial charge in [0.15, 0.2) is 0 Å². The summed E-state index contributed by atoms with van der Waals surface area (Å²) >= 11 is 5.47. The summed E-state index contributed by atoms with van der Waals surface area (Å²) in [4.78, 5) is 11.6. The molecule has 0 spiro atoms. The van der Waals surface area contributed by atoms with E-state index in [-0.39, 0.29) is 23.1 Å². The molecular formula is C13H19ClN2O3S. The van der Waals surface area contributed by atoms with Crippen molar-refractivity contribution in [2.75, 3.05) is 24.3 Å². The minimum Gasteiger partial charge on any atom is -0.326 e. The average Bonchev–Trinajstić information content (AvgIpc) is 2.40. The normalized spacial score (nSPS) is 11.6. The van der Waals surface area contributed by atoms with Gasteiger partial charge in [-0.3, -0.25) is 4.79 Å². The van der Waals surface area contributed by atoms with Crippen molar-refractivity contribution in [2.45, 2.75) is 25.2 Å². The maximum absolute atomic E-state index is 12.3. The van der Waals surface area contributed by atoms with E-state index in [0.717, 1.165) is 0 Å². The molecule has 0 bridgehead atoms. The molecule has 0 saturated heterocycles. The highest BCUT2D eigenvalue weighted by Gasteiger charge is 2.21. The molecule has 112 valence electrons. The fourth-order valence-corrected chi connectivity index (χ4v) is 3.36. The SMILES string of the molecule is CCN(CC)S(=O)(=O)c1ccc(NC(=O)CCCl)cc1. The van der Waals surface area contributed by atoms with Gasteiger partial charge < -0.3 is 5.32 Å². The van der Waals surface area contributed by atoms with Gasteiger partial charge in [-0.15, -0.1) is 11.6 Å². The molecule has 0 saturated carbocycles. The fourth-order valence-electron chi connectivity index (χ4n) is 1.73. The van der Waals surface area contributed by atoms with Crippen molar-refractivity contribution in [3.63, 3.8) is 0 Å². The van der Waals surface area contributed by atoms with Crippen LogP contribution in [0.25, 0.3) is 0 Å². The summed E-state index contributed by atoms with van der Waals surface area (Å²) in [6.45, 7) is 4.43. The summed E-state index contributed by atoms with van der Waals surface area (Å²) < 4.78 is 25.9. The number of hydrogen-bond donors (Lipinski definition) is 1. The molecule has 20 heavy (non-hydrogen) atoms. The topological polar surface area (TPSA) is 66.5 Å². The molecule has 1 aromatic rings. The summed E-state index contributed by atoms with van der Waals surface area (Å²) in [5, 5.41) is 2.65. The summed E-state index contributed by atoms with van der Waals surface area (Å²) in [7, 11) is -3.46. The van der Waals surface area contributed by atoms with Crippen LogP contribution in [-0.4, -0.2) is 37.6 Å². The molecule has 7 heteroatoms. The number of rotatable bonds is 7. The highest BCUT2D eigenvalue weighted by Crippen LogP contribution is 2.18. The van der Waals surface area contributed by atoms with Crippen LogP contribution in [0.15, 0.2) is 29.2 Å². The Hall–Kier alpha value is -1.11. The minimum atomic E-state index is -3.46.